The van der Waals surface area contributed by atoms with Gasteiger partial charge in [0.1, 0.15) is 0 Å². The number of nitrogens with zero attached hydrogens (tertiary/aromatic N) is 3. The first-order chi connectivity index (χ1) is 20.7. The Kier molecular flexibility index (Phi) is 7.70. The molecule has 3 aromatic rings. The predicted molar refractivity (Wildman–Crippen MR) is 156 cm³/mol. The highest BCUT2D eigenvalue weighted by Crippen LogP contribution is 2.49. The number of alkyl halides is 3. The Morgan fingerprint density at radius 1 is 0.860 bits per heavy atom. The number of benzene rings is 3. The lowest BCUT2D eigenvalue weighted by Gasteiger charge is -2.47. The number of halogens is 3. The Morgan fingerprint density at radius 3 is 2.26 bits per heavy atom. The molecule has 10 heteroatoms. The molecule has 0 N–H and O–H groups in total. The largest absolute Gasteiger partial charge is 0.490 e. The van der Waals surface area contributed by atoms with Crippen LogP contribution >= 0.6 is 0 Å². The molecule has 0 unspecified atom stereocenters. The van der Waals surface area contributed by atoms with Crippen LogP contribution in [0.3, 0.4) is 0 Å². The van der Waals surface area contributed by atoms with E-state index < -0.39 is 23.7 Å². The maximum absolute atomic E-state index is 14.5. The van der Waals surface area contributed by atoms with E-state index in [1.165, 1.54) is 6.07 Å². The average molecular weight is 594 g/mol. The van der Waals surface area contributed by atoms with Gasteiger partial charge in [-0.15, -0.1) is 0 Å². The van der Waals surface area contributed by atoms with Crippen molar-refractivity contribution in [2.75, 3.05) is 50.8 Å². The van der Waals surface area contributed by atoms with Crippen LogP contribution in [0.2, 0.25) is 0 Å². The molecule has 43 heavy (non-hydrogen) atoms. The lowest BCUT2D eigenvalue weighted by molar-refractivity contribution is -0.137. The van der Waals surface area contributed by atoms with Crippen molar-refractivity contribution in [2.45, 2.75) is 38.4 Å². The van der Waals surface area contributed by atoms with Gasteiger partial charge < -0.3 is 24.2 Å². The topological polar surface area (TPSA) is 62.3 Å². The Balaban J connectivity index is 1.33. The molecule has 3 aliphatic heterocycles. The summed E-state index contributed by atoms with van der Waals surface area (Å²) in [5.41, 5.74) is 2.91. The molecular weight excluding hydrogens is 559 g/mol. The van der Waals surface area contributed by atoms with Gasteiger partial charge in [0.2, 0.25) is 5.91 Å². The molecule has 0 spiro atoms. The average Bonchev–Trinajstić information content (AvgIpc) is 3.01. The van der Waals surface area contributed by atoms with Gasteiger partial charge in [-0.05, 0) is 73.4 Å². The number of ether oxygens (including phenoxy) is 2. The molecule has 1 fully saturated rings. The summed E-state index contributed by atoms with van der Waals surface area (Å²) >= 11 is 0. The summed E-state index contributed by atoms with van der Waals surface area (Å²) in [5, 5.41) is 0. The van der Waals surface area contributed by atoms with Crippen molar-refractivity contribution in [1.82, 2.24) is 9.80 Å². The Hall–Kier alpha value is -4.21. The summed E-state index contributed by atoms with van der Waals surface area (Å²) in [6.45, 7) is 6.71. The molecule has 3 aromatic carbocycles. The summed E-state index contributed by atoms with van der Waals surface area (Å²) in [7, 11) is 0. The van der Waals surface area contributed by atoms with Crippen LogP contribution in [0.5, 0.6) is 11.5 Å². The first-order valence-corrected chi connectivity index (χ1v) is 14.7. The zero-order valence-corrected chi connectivity index (χ0v) is 24.2. The molecule has 0 saturated carbocycles. The van der Waals surface area contributed by atoms with Crippen LogP contribution in [0.4, 0.5) is 18.9 Å². The van der Waals surface area contributed by atoms with Gasteiger partial charge in [0.05, 0.1) is 30.7 Å². The fourth-order valence-electron chi connectivity index (χ4n) is 6.60. The minimum atomic E-state index is -4.42. The van der Waals surface area contributed by atoms with Crippen molar-refractivity contribution in [3.05, 3.63) is 88.5 Å². The van der Waals surface area contributed by atoms with E-state index in [4.69, 9.17) is 9.47 Å². The molecular formula is C33H34F3N3O4. The number of piperazine rings is 1. The first kappa shape index (κ1) is 28.9. The Bertz CT molecular complexity index is 1530. The Morgan fingerprint density at radius 2 is 1.56 bits per heavy atom. The van der Waals surface area contributed by atoms with Crippen molar-refractivity contribution < 1.29 is 32.2 Å². The minimum Gasteiger partial charge on any atom is -0.490 e. The number of fused-ring (bicyclic) bond motifs is 4. The van der Waals surface area contributed by atoms with Crippen LogP contribution in [0.15, 0.2) is 60.7 Å². The van der Waals surface area contributed by atoms with E-state index in [9.17, 15) is 22.8 Å². The normalized spacial score (nSPS) is 19.8. The highest BCUT2D eigenvalue weighted by atomic mass is 19.4. The SMILES string of the molecule is CCOc1cc2c(cc1OCC)[C@@H]1[C@H](C(=O)N3CCN(c4cccc(C(F)(F)F)c4)CC3)c3ccccc3C(=O)N1CC2. The molecule has 0 bridgehead atoms. The standard InChI is InChI=1S/C33H34F3N3O4/c1-3-42-27-18-21-12-13-39-30(26(21)20-28(27)43-4-2)29(24-10-5-6-11-25(24)31(39)40)32(41)38-16-14-37(15-17-38)23-9-7-8-22(19-23)33(34,35)36/h5-11,18-20,29-30H,3-4,12-17H2,1-2H3/t29-,30-/m1/s1. The molecule has 3 aliphatic rings. The summed E-state index contributed by atoms with van der Waals surface area (Å²) < 4.78 is 51.7. The predicted octanol–water partition coefficient (Wildman–Crippen LogP) is 5.69. The van der Waals surface area contributed by atoms with Crippen LogP contribution in [0.1, 0.15) is 58.4 Å². The molecule has 2 amide bonds. The number of amides is 2. The number of carbonyl (C=O) groups is 2. The monoisotopic (exact) mass is 593 g/mol. The van der Waals surface area contributed by atoms with Crippen molar-refractivity contribution in [2.24, 2.45) is 0 Å². The van der Waals surface area contributed by atoms with Gasteiger partial charge in [-0.2, -0.15) is 13.2 Å². The van der Waals surface area contributed by atoms with Gasteiger partial charge in [-0.25, -0.2) is 0 Å². The maximum atomic E-state index is 14.5. The van der Waals surface area contributed by atoms with Crippen LogP contribution in [0, 0.1) is 0 Å². The van der Waals surface area contributed by atoms with Crippen molar-refractivity contribution in [3.63, 3.8) is 0 Å². The third-order valence-electron chi connectivity index (χ3n) is 8.58. The molecule has 1 saturated heterocycles. The van der Waals surface area contributed by atoms with E-state index in [-0.39, 0.29) is 11.8 Å². The molecule has 0 aliphatic carbocycles. The smallest absolute Gasteiger partial charge is 0.416 e. The second-order valence-electron chi connectivity index (χ2n) is 11.0. The van der Waals surface area contributed by atoms with Crippen molar-refractivity contribution in [1.29, 1.82) is 0 Å². The molecule has 3 heterocycles. The molecule has 0 radical (unpaired) electrons. The highest BCUT2D eigenvalue weighted by molar-refractivity contribution is 6.01. The lowest BCUT2D eigenvalue weighted by Crippen LogP contribution is -2.54. The maximum Gasteiger partial charge on any atom is 0.416 e. The van der Waals surface area contributed by atoms with E-state index in [2.05, 4.69) is 0 Å². The number of rotatable bonds is 6. The third kappa shape index (κ3) is 5.28. The van der Waals surface area contributed by atoms with Gasteiger partial charge in [-0.1, -0.05) is 24.3 Å². The quantitative estimate of drug-likeness (QED) is 0.368. The summed E-state index contributed by atoms with van der Waals surface area (Å²) in [6.07, 6.45) is -3.80. The summed E-state index contributed by atoms with van der Waals surface area (Å²) in [5.74, 6) is 0.389. The number of hydrogen-bond donors (Lipinski definition) is 0. The van der Waals surface area contributed by atoms with Gasteiger partial charge in [0, 0.05) is 44.0 Å². The van der Waals surface area contributed by atoms with Gasteiger partial charge in [0.25, 0.3) is 5.91 Å². The second-order valence-corrected chi connectivity index (χ2v) is 11.0. The Labute approximate surface area is 248 Å². The first-order valence-electron chi connectivity index (χ1n) is 14.7. The fourth-order valence-corrected chi connectivity index (χ4v) is 6.60. The van der Waals surface area contributed by atoms with Crippen LogP contribution < -0.4 is 14.4 Å². The van der Waals surface area contributed by atoms with E-state index in [1.54, 1.807) is 17.0 Å². The summed E-state index contributed by atoms with van der Waals surface area (Å²) in [6, 6.07) is 16.0. The van der Waals surface area contributed by atoms with Crippen LogP contribution in [-0.4, -0.2) is 67.6 Å². The van der Waals surface area contributed by atoms with Crippen molar-refractivity contribution in [3.8, 4) is 11.5 Å². The van der Waals surface area contributed by atoms with Crippen LogP contribution in [-0.2, 0) is 17.4 Å². The van der Waals surface area contributed by atoms with E-state index in [0.29, 0.717) is 80.7 Å². The van der Waals surface area contributed by atoms with Crippen molar-refractivity contribution >= 4 is 17.5 Å². The third-order valence-corrected chi connectivity index (χ3v) is 8.58. The number of hydrogen-bond acceptors (Lipinski definition) is 5. The molecule has 6 rings (SSSR count). The van der Waals surface area contributed by atoms with Gasteiger partial charge in [-0.3, -0.25) is 9.59 Å². The highest BCUT2D eigenvalue weighted by Gasteiger charge is 2.48. The zero-order chi connectivity index (χ0) is 30.3. The minimum absolute atomic E-state index is 0.0988. The zero-order valence-electron chi connectivity index (χ0n) is 24.2. The molecule has 0 aromatic heterocycles. The molecule has 2 atom stereocenters. The number of carbonyl (C=O) groups excluding carboxylic acids is 2. The van der Waals surface area contributed by atoms with E-state index in [1.807, 2.05) is 54.0 Å². The molecule has 226 valence electrons. The van der Waals surface area contributed by atoms with Crippen LogP contribution in [0.25, 0.3) is 0 Å². The van der Waals surface area contributed by atoms with Gasteiger partial charge in [0.15, 0.2) is 11.5 Å². The summed E-state index contributed by atoms with van der Waals surface area (Å²) in [4.78, 5) is 33.7. The lowest BCUT2D eigenvalue weighted by atomic mass is 9.75. The second kappa shape index (κ2) is 11.5. The van der Waals surface area contributed by atoms with E-state index in [0.717, 1.165) is 23.3 Å². The molecule has 7 nitrogen and oxygen atoms in total. The van der Waals surface area contributed by atoms with E-state index >= 15 is 0 Å². The fraction of sp³-hybridized carbons (Fsp3) is 0.394. The van der Waals surface area contributed by atoms with Gasteiger partial charge >= 0.3 is 6.18 Å². The number of anilines is 1.